The van der Waals surface area contributed by atoms with E-state index in [2.05, 4.69) is 21.3 Å². The maximum atomic E-state index is 12.9. The van der Waals surface area contributed by atoms with Crippen LogP contribution in [0.2, 0.25) is 0 Å². The highest BCUT2D eigenvalue weighted by Crippen LogP contribution is 2.29. The standard InChI is InChI=1S/C24H22N4O/c25-16-18-10-11-23(26-17-18)28-14-12-20(13-15-28)24(29)27-22-9-5-4-8-21(22)19-6-2-1-3-7-19/h1-11,17,20H,12-15H2,(H,27,29). The van der Waals surface area contributed by atoms with E-state index >= 15 is 0 Å². The summed E-state index contributed by atoms with van der Waals surface area (Å²) in [5.41, 5.74) is 3.52. The summed E-state index contributed by atoms with van der Waals surface area (Å²) in [5.74, 6) is 0.909. The van der Waals surface area contributed by atoms with Crippen LogP contribution in [0.4, 0.5) is 11.5 Å². The molecule has 1 aliphatic rings. The van der Waals surface area contributed by atoms with Crippen molar-refractivity contribution in [3.8, 4) is 17.2 Å². The molecule has 2 heterocycles. The van der Waals surface area contributed by atoms with Gasteiger partial charge < -0.3 is 10.2 Å². The average molecular weight is 382 g/mol. The Kier molecular flexibility index (Phi) is 5.53. The number of nitrogens with one attached hydrogen (secondary N) is 1. The Balaban J connectivity index is 1.40. The van der Waals surface area contributed by atoms with Crippen molar-refractivity contribution in [2.45, 2.75) is 12.8 Å². The number of benzene rings is 2. The molecule has 0 aliphatic carbocycles. The predicted octanol–water partition coefficient (Wildman–Crippen LogP) is 4.48. The van der Waals surface area contributed by atoms with Gasteiger partial charge in [0, 0.05) is 36.5 Å². The zero-order chi connectivity index (χ0) is 20.1. The van der Waals surface area contributed by atoms with E-state index in [0.29, 0.717) is 5.56 Å². The van der Waals surface area contributed by atoms with Crippen molar-refractivity contribution in [3.05, 3.63) is 78.5 Å². The maximum absolute atomic E-state index is 12.9. The Morgan fingerprint density at radius 3 is 2.41 bits per heavy atom. The molecule has 0 unspecified atom stereocenters. The van der Waals surface area contributed by atoms with Crippen molar-refractivity contribution in [2.24, 2.45) is 5.92 Å². The Bertz CT molecular complexity index is 1020. The minimum atomic E-state index is -0.0199. The number of nitriles is 1. The molecule has 0 radical (unpaired) electrons. The van der Waals surface area contributed by atoms with Crippen LogP contribution in [0.1, 0.15) is 18.4 Å². The Morgan fingerprint density at radius 1 is 1.00 bits per heavy atom. The van der Waals surface area contributed by atoms with Crippen molar-refractivity contribution < 1.29 is 4.79 Å². The third-order valence-corrected chi connectivity index (χ3v) is 5.34. The Morgan fingerprint density at radius 2 is 1.72 bits per heavy atom. The quantitative estimate of drug-likeness (QED) is 0.722. The number of nitrogens with zero attached hydrogens (tertiary/aromatic N) is 3. The van der Waals surface area contributed by atoms with E-state index < -0.39 is 0 Å². The molecule has 0 saturated carbocycles. The second kappa shape index (κ2) is 8.57. The summed E-state index contributed by atoms with van der Waals surface area (Å²) in [7, 11) is 0. The van der Waals surface area contributed by atoms with E-state index in [-0.39, 0.29) is 11.8 Å². The van der Waals surface area contributed by atoms with Crippen molar-refractivity contribution in [1.29, 1.82) is 5.26 Å². The van der Waals surface area contributed by atoms with E-state index in [1.165, 1.54) is 0 Å². The number of hydrogen-bond acceptors (Lipinski definition) is 4. The third-order valence-electron chi connectivity index (χ3n) is 5.34. The molecule has 144 valence electrons. The van der Waals surface area contributed by atoms with Crippen molar-refractivity contribution in [1.82, 2.24) is 4.98 Å². The van der Waals surface area contributed by atoms with Crippen LogP contribution >= 0.6 is 0 Å². The van der Waals surface area contributed by atoms with E-state index in [4.69, 9.17) is 5.26 Å². The molecule has 0 spiro atoms. The first-order valence-corrected chi connectivity index (χ1v) is 9.81. The van der Waals surface area contributed by atoms with E-state index in [1.54, 1.807) is 12.3 Å². The number of anilines is 2. The molecule has 5 heteroatoms. The summed E-state index contributed by atoms with van der Waals surface area (Å²) < 4.78 is 0. The fraction of sp³-hybridized carbons (Fsp3) is 0.208. The predicted molar refractivity (Wildman–Crippen MR) is 114 cm³/mol. The summed E-state index contributed by atoms with van der Waals surface area (Å²) in [6.45, 7) is 1.55. The molecule has 0 bridgehead atoms. The molecule has 1 saturated heterocycles. The number of hydrogen-bond donors (Lipinski definition) is 1. The van der Waals surface area contributed by atoms with Crippen LogP contribution in [-0.2, 0) is 4.79 Å². The van der Waals surface area contributed by atoms with Gasteiger partial charge in [-0.2, -0.15) is 5.26 Å². The summed E-state index contributed by atoms with van der Waals surface area (Å²) in [5, 5.41) is 12.0. The number of piperidine rings is 1. The SMILES string of the molecule is N#Cc1ccc(N2CCC(C(=O)Nc3ccccc3-c3ccccc3)CC2)nc1. The molecule has 4 rings (SSSR count). The van der Waals surface area contributed by atoms with Gasteiger partial charge in [-0.25, -0.2) is 4.98 Å². The van der Waals surface area contributed by atoms with Crippen molar-refractivity contribution in [2.75, 3.05) is 23.3 Å². The zero-order valence-corrected chi connectivity index (χ0v) is 16.1. The van der Waals surface area contributed by atoms with Gasteiger partial charge in [0.05, 0.1) is 5.56 Å². The first-order valence-electron chi connectivity index (χ1n) is 9.81. The molecule has 29 heavy (non-hydrogen) atoms. The largest absolute Gasteiger partial charge is 0.357 e. The molecule has 1 amide bonds. The Hall–Kier alpha value is -3.65. The number of carbonyl (C=O) groups is 1. The van der Waals surface area contributed by atoms with Crippen LogP contribution in [0.25, 0.3) is 11.1 Å². The third kappa shape index (κ3) is 4.27. The molecule has 1 fully saturated rings. The van der Waals surface area contributed by atoms with Gasteiger partial charge in [-0.05, 0) is 36.6 Å². The molecule has 0 atom stereocenters. The topological polar surface area (TPSA) is 69.0 Å². The van der Waals surface area contributed by atoms with Gasteiger partial charge in [-0.1, -0.05) is 48.5 Å². The lowest BCUT2D eigenvalue weighted by molar-refractivity contribution is -0.120. The van der Waals surface area contributed by atoms with Gasteiger partial charge in [-0.15, -0.1) is 0 Å². The maximum Gasteiger partial charge on any atom is 0.227 e. The minimum absolute atomic E-state index is 0.0199. The highest BCUT2D eigenvalue weighted by molar-refractivity contribution is 5.96. The van der Waals surface area contributed by atoms with Crippen LogP contribution in [0.15, 0.2) is 72.9 Å². The zero-order valence-electron chi connectivity index (χ0n) is 16.1. The monoisotopic (exact) mass is 382 g/mol. The molecule has 1 aliphatic heterocycles. The van der Waals surface area contributed by atoms with Gasteiger partial charge in [-0.3, -0.25) is 4.79 Å². The second-order valence-electron chi connectivity index (χ2n) is 7.18. The highest BCUT2D eigenvalue weighted by Gasteiger charge is 2.26. The lowest BCUT2D eigenvalue weighted by Gasteiger charge is -2.32. The minimum Gasteiger partial charge on any atom is -0.357 e. The first-order chi connectivity index (χ1) is 14.2. The molecule has 2 aromatic carbocycles. The van der Waals surface area contributed by atoms with Crippen molar-refractivity contribution >= 4 is 17.4 Å². The van der Waals surface area contributed by atoms with Crippen molar-refractivity contribution in [3.63, 3.8) is 0 Å². The number of rotatable bonds is 4. The van der Waals surface area contributed by atoms with Gasteiger partial charge in [0.15, 0.2) is 0 Å². The van der Waals surface area contributed by atoms with Gasteiger partial charge >= 0.3 is 0 Å². The second-order valence-corrected chi connectivity index (χ2v) is 7.18. The number of para-hydroxylation sites is 1. The molecule has 3 aromatic rings. The number of aromatic nitrogens is 1. The van der Waals surface area contributed by atoms with Crippen LogP contribution in [-0.4, -0.2) is 24.0 Å². The number of pyridine rings is 1. The Labute approximate surface area is 170 Å². The van der Waals surface area contributed by atoms with Gasteiger partial charge in [0.25, 0.3) is 0 Å². The fourth-order valence-corrected chi connectivity index (χ4v) is 3.71. The van der Waals surface area contributed by atoms with Crippen LogP contribution in [0.3, 0.4) is 0 Å². The summed E-state index contributed by atoms with van der Waals surface area (Å²) >= 11 is 0. The lowest BCUT2D eigenvalue weighted by atomic mass is 9.95. The first kappa shape index (κ1) is 18.7. The summed E-state index contributed by atoms with van der Waals surface area (Å²) in [6.07, 6.45) is 3.15. The molecule has 1 aromatic heterocycles. The smallest absolute Gasteiger partial charge is 0.227 e. The van der Waals surface area contributed by atoms with Gasteiger partial charge in [0.2, 0.25) is 5.91 Å². The molecular weight excluding hydrogens is 360 g/mol. The fourth-order valence-electron chi connectivity index (χ4n) is 3.71. The number of amides is 1. The van der Waals surface area contributed by atoms with E-state index in [0.717, 1.165) is 48.6 Å². The summed E-state index contributed by atoms with van der Waals surface area (Å²) in [6, 6.07) is 23.7. The molecule has 1 N–H and O–H groups in total. The summed E-state index contributed by atoms with van der Waals surface area (Å²) in [4.78, 5) is 19.4. The van der Waals surface area contributed by atoms with Crippen LogP contribution in [0, 0.1) is 17.2 Å². The molecular formula is C24H22N4O. The highest BCUT2D eigenvalue weighted by atomic mass is 16.1. The lowest BCUT2D eigenvalue weighted by Crippen LogP contribution is -2.38. The molecule has 5 nitrogen and oxygen atoms in total. The van der Waals surface area contributed by atoms with Crippen LogP contribution in [0.5, 0.6) is 0 Å². The number of carbonyl (C=O) groups excluding carboxylic acids is 1. The van der Waals surface area contributed by atoms with E-state index in [9.17, 15) is 4.79 Å². The normalized spacial score (nSPS) is 14.2. The van der Waals surface area contributed by atoms with E-state index in [1.807, 2.05) is 60.7 Å². The average Bonchev–Trinajstić information content (AvgIpc) is 2.80. The van der Waals surface area contributed by atoms with Crippen LogP contribution < -0.4 is 10.2 Å². The van der Waals surface area contributed by atoms with Gasteiger partial charge in [0.1, 0.15) is 11.9 Å².